The molecule has 20 heavy (non-hydrogen) atoms. The van der Waals surface area contributed by atoms with Crippen LogP contribution in [0.3, 0.4) is 0 Å². The molecule has 0 unspecified atom stereocenters. The molecule has 2 aromatic rings. The van der Waals surface area contributed by atoms with Crippen molar-refractivity contribution in [3.63, 3.8) is 0 Å². The Morgan fingerprint density at radius 2 is 1.85 bits per heavy atom. The first-order valence-electron chi connectivity index (χ1n) is 6.55. The van der Waals surface area contributed by atoms with Crippen molar-refractivity contribution >= 4 is 27.6 Å². The lowest BCUT2D eigenvalue weighted by molar-refractivity contribution is 0.460. The van der Waals surface area contributed by atoms with Gasteiger partial charge in [-0.1, -0.05) is 34.9 Å². The van der Waals surface area contributed by atoms with Crippen molar-refractivity contribution in [2.75, 3.05) is 5.32 Å². The molecule has 0 aliphatic rings. The normalized spacial score (nSPS) is 11.1. The first kappa shape index (κ1) is 15.0. The summed E-state index contributed by atoms with van der Waals surface area (Å²) in [6, 6.07) is 4.90. The van der Waals surface area contributed by atoms with E-state index in [0.29, 0.717) is 24.5 Å². The number of nitrogens with one attached hydrogen (secondary N) is 2. The number of aromatic nitrogens is 2. The van der Waals surface area contributed by atoms with Crippen molar-refractivity contribution < 1.29 is 4.42 Å². The molecule has 6 heteroatoms. The minimum atomic E-state index is 0.384. The van der Waals surface area contributed by atoms with Gasteiger partial charge < -0.3 is 15.1 Å². The van der Waals surface area contributed by atoms with Crippen LogP contribution in [0.25, 0.3) is 0 Å². The predicted molar refractivity (Wildman–Crippen MR) is 83.2 cm³/mol. The predicted octanol–water partition coefficient (Wildman–Crippen LogP) is 3.69. The summed E-state index contributed by atoms with van der Waals surface area (Å²) in [7, 11) is 0. The Kier molecular flexibility index (Phi) is 4.77. The Hall–Kier alpha value is -1.40. The molecule has 0 aliphatic heterocycles. The second-order valence-electron chi connectivity index (χ2n) is 5.08. The van der Waals surface area contributed by atoms with Gasteiger partial charge >= 0.3 is 6.01 Å². The van der Waals surface area contributed by atoms with Gasteiger partial charge in [-0.2, -0.15) is 0 Å². The van der Waals surface area contributed by atoms with Gasteiger partial charge in [0.05, 0.1) is 6.54 Å². The molecule has 1 aromatic carbocycles. The largest absolute Gasteiger partial charge is 0.406 e. The molecule has 2 N–H and O–H groups in total. The number of hydrogen-bond donors (Lipinski definition) is 2. The number of halogens is 1. The van der Waals surface area contributed by atoms with Crippen LogP contribution in [0.2, 0.25) is 0 Å². The summed E-state index contributed by atoms with van der Waals surface area (Å²) in [5.74, 6) is 0.577. The highest BCUT2D eigenvalue weighted by Crippen LogP contribution is 2.27. The van der Waals surface area contributed by atoms with Crippen LogP contribution < -0.4 is 10.6 Å². The van der Waals surface area contributed by atoms with Gasteiger partial charge in [0.15, 0.2) is 0 Å². The zero-order valence-electron chi connectivity index (χ0n) is 12.1. The summed E-state index contributed by atoms with van der Waals surface area (Å²) >= 11 is 3.48. The first-order chi connectivity index (χ1) is 9.45. The number of anilines is 2. The third kappa shape index (κ3) is 3.80. The van der Waals surface area contributed by atoms with Gasteiger partial charge in [-0.05, 0) is 37.1 Å². The zero-order chi connectivity index (χ0) is 14.7. The number of aryl methyl sites for hydroxylation is 2. The van der Waals surface area contributed by atoms with Gasteiger partial charge in [0, 0.05) is 16.2 Å². The number of rotatable bonds is 5. The van der Waals surface area contributed by atoms with E-state index in [4.69, 9.17) is 4.42 Å². The van der Waals surface area contributed by atoms with E-state index in [1.165, 1.54) is 0 Å². The molecule has 0 saturated carbocycles. The summed E-state index contributed by atoms with van der Waals surface area (Å²) in [4.78, 5) is 0. The van der Waals surface area contributed by atoms with Crippen LogP contribution in [0.15, 0.2) is 21.0 Å². The Morgan fingerprint density at radius 3 is 2.45 bits per heavy atom. The fraction of sp³-hybridized carbons (Fsp3) is 0.429. The fourth-order valence-electron chi connectivity index (χ4n) is 1.88. The molecule has 0 bridgehead atoms. The Morgan fingerprint density at radius 1 is 1.20 bits per heavy atom. The highest BCUT2D eigenvalue weighted by molar-refractivity contribution is 9.10. The lowest BCUT2D eigenvalue weighted by Crippen LogP contribution is -2.21. The van der Waals surface area contributed by atoms with Crippen LogP contribution in [0.4, 0.5) is 11.7 Å². The molecule has 5 nitrogen and oxygen atoms in total. The molecule has 1 aromatic heterocycles. The van der Waals surface area contributed by atoms with E-state index in [2.05, 4.69) is 50.6 Å². The van der Waals surface area contributed by atoms with Crippen LogP contribution in [0, 0.1) is 13.8 Å². The standard InChI is InChI=1S/C14H19BrN4O/c1-8(2)16-7-12-18-19-14(20-12)17-13-9(3)5-11(15)6-10(13)4/h5-6,8,16H,7H2,1-4H3,(H,17,19). The second-order valence-corrected chi connectivity index (χ2v) is 5.99. The van der Waals surface area contributed by atoms with E-state index in [1.54, 1.807) is 0 Å². The average molecular weight is 339 g/mol. The molecule has 0 aliphatic carbocycles. The summed E-state index contributed by atoms with van der Waals surface area (Å²) in [5.41, 5.74) is 3.24. The number of hydrogen-bond acceptors (Lipinski definition) is 5. The Balaban J connectivity index is 2.11. The lowest BCUT2D eigenvalue weighted by atomic mass is 10.1. The lowest BCUT2D eigenvalue weighted by Gasteiger charge is -2.10. The smallest absolute Gasteiger partial charge is 0.320 e. The summed E-state index contributed by atoms with van der Waals surface area (Å²) in [6.07, 6.45) is 0. The van der Waals surface area contributed by atoms with E-state index in [9.17, 15) is 0 Å². The molecule has 0 amide bonds. The molecule has 108 valence electrons. The average Bonchev–Trinajstić information content (AvgIpc) is 2.79. The molecule has 0 radical (unpaired) electrons. The number of nitrogens with zero attached hydrogens (tertiary/aromatic N) is 2. The maximum absolute atomic E-state index is 5.57. The minimum absolute atomic E-state index is 0.384. The topological polar surface area (TPSA) is 63.0 Å². The van der Waals surface area contributed by atoms with Gasteiger partial charge in [0.1, 0.15) is 0 Å². The molecule has 0 saturated heterocycles. The third-order valence-corrected chi connectivity index (χ3v) is 3.32. The summed E-state index contributed by atoms with van der Waals surface area (Å²) in [5, 5.41) is 14.5. The highest BCUT2D eigenvalue weighted by atomic mass is 79.9. The summed E-state index contributed by atoms with van der Waals surface area (Å²) in [6.45, 7) is 8.80. The van der Waals surface area contributed by atoms with Crippen molar-refractivity contribution in [3.8, 4) is 0 Å². The van der Waals surface area contributed by atoms with E-state index in [0.717, 1.165) is 21.3 Å². The maximum Gasteiger partial charge on any atom is 0.320 e. The van der Waals surface area contributed by atoms with Crippen molar-refractivity contribution in [1.82, 2.24) is 15.5 Å². The van der Waals surface area contributed by atoms with E-state index >= 15 is 0 Å². The SMILES string of the molecule is Cc1cc(Br)cc(C)c1Nc1nnc(CNC(C)C)o1. The van der Waals surface area contributed by atoms with Gasteiger partial charge in [-0.25, -0.2) is 0 Å². The van der Waals surface area contributed by atoms with Crippen molar-refractivity contribution in [3.05, 3.63) is 33.6 Å². The monoisotopic (exact) mass is 338 g/mol. The fourth-order valence-corrected chi connectivity index (χ4v) is 2.57. The quantitative estimate of drug-likeness (QED) is 0.870. The maximum atomic E-state index is 5.57. The zero-order valence-corrected chi connectivity index (χ0v) is 13.7. The molecule has 2 rings (SSSR count). The first-order valence-corrected chi connectivity index (χ1v) is 7.34. The minimum Gasteiger partial charge on any atom is -0.406 e. The van der Waals surface area contributed by atoms with Crippen LogP contribution >= 0.6 is 15.9 Å². The van der Waals surface area contributed by atoms with Crippen molar-refractivity contribution in [2.45, 2.75) is 40.3 Å². The second kappa shape index (κ2) is 6.37. The highest BCUT2D eigenvalue weighted by Gasteiger charge is 2.10. The van der Waals surface area contributed by atoms with E-state index in [-0.39, 0.29) is 0 Å². The van der Waals surface area contributed by atoms with Gasteiger partial charge in [0.2, 0.25) is 5.89 Å². The molecule has 1 heterocycles. The summed E-state index contributed by atoms with van der Waals surface area (Å²) < 4.78 is 6.63. The molecule has 0 atom stereocenters. The molecule has 0 spiro atoms. The van der Waals surface area contributed by atoms with Crippen molar-refractivity contribution in [2.24, 2.45) is 0 Å². The van der Waals surface area contributed by atoms with E-state index < -0.39 is 0 Å². The van der Waals surface area contributed by atoms with Crippen molar-refractivity contribution in [1.29, 1.82) is 0 Å². The van der Waals surface area contributed by atoms with Gasteiger partial charge in [-0.3, -0.25) is 0 Å². The van der Waals surface area contributed by atoms with Crippen LogP contribution in [0.5, 0.6) is 0 Å². The van der Waals surface area contributed by atoms with Gasteiger partial charge in [-0.15, -0.1) is 5.10 Å². The van der Waals surface area contributed by atoms with Gasteiger partial charge in [0.25, 0.3) is 0 Å². The Bertz CT molecular complexity index is 572. The molecule has 0 fully saturated rings. The number of benzene rings is 1. The molecular formula is C14H19BrN4O. The van der Waals surface area contributed by atoms with E-state index in [1.807, 2.05) is 26.0 Å². The third-order valence-electron chi connectivity index (χ3n) is 2.86. The van der Waals surface area contributed by atoms with Crippen LogP contribution in [0.1, 0.15) is 30.9 Å². The molecular weight excluding hydrogens is 320 g/mol. The Labute approximate surface area is 127 Å². The van der Waals surface area contributed by atoms with Crippen LogP contribution in [-0.2, 0) is 6.54 Å². The van der Waals surface area contributed by atoms with Crippen LogP contribution in [-0.4, -0.2) is 16.2 Å².